The summed E-state index contributed by atoms with van der Waals surface area (Å²) in [5.74, 6) is -0.412. The van der Waals surface area contributed by atoms with Gasteiger partial charge in [0, 0.05) is 46.0 Å². The van der Waals surface area contributed by atoms with Gasteiger partial charge in [0.15, 0.2) is 0 Å². The number of anilines is 1. The molecule has 0 aliphatic carbocycles. The van der Waals surface area contributed by atoms with Crippen molar-refractivity contribution in [2.75, 3.05) is 5.32 Å². The molecule has 0 bridgehead atoms. The summed E-state index contributed by atoms with van der Waals surface area (Å²) in [7, 11) is 0. The van der Waals surface area contributed by atoms with Gasteiger partial charge in [0.05, 0.1) is 5.56 Å². The van der Waals surface area contributed by atoms with Crippen LogP contribution < -0.4 is 5.32 Å². The SMILES string of the molecule is O=C1Nc2cc(C(F)(F)F)ccc2/C1=C\c1cn(Cc2cccc3ccccc23)c2ccccc12. The number of hydrogen-bond donors (Lipinski definition) is 1. The van der Waals surface area contributed by atoms with Gasteiger partial charge in [0.1, 0.15) is 0 Å². The number of nitrogens with zero attached hydrogens (tertiary/aromatic N) is 1. The van der Waals surface area contributed by atoms with Crippen LogP contribution >= 0.6 is 0 Å². The number of rotatable bonds is 3. The second-order valence-corrected chi connectivity index (χ2v) is 8.64. The first-order valence-corrected chi connectivity index (χ1v) is 11.2. The van der Waals surface area contributed by atoms with Crippen molar-refractivity contribution in [3.05, 3.63) is 113 Å². The van der Waals surface area contributed by atoms with Crippen molar-refractivity contribution < 1.29 is 18.0 Å². The Morgan fingerprint density at radius 1 is 0.857 bits per heavy atom. The molecule has 0 atom stereocenters. The molecule has 5 aromatic rings. The molecule has 1 amide bonds. The number of para-hydroxylation sites is 1. The summed E-state index contributed by atoms with van der Waals surface area (Å²) in [5, 5.41) is 5.89. The minimum atomic E-state index is -4.47. The molecule has 35 heavy (non-hydrogen) atoms. The van der Waals surface area contributed by atoms with Crippen LogP contribution in [0, 0.1) is 0 Å². The maximum Gasteiger partial charge on any atom is 0.416 e. The van der Waals surface area contributed by atoms with Crippen LogP contribution in [0.2, 0.25) is 0 Å². The molecule has 0 unspecified atom stereocenters. The minimum absolute atomic E-state index is 0.176. The van der Waals surface area contributed by atoms with E-state index in [4.69, 9.17) is 0 Å². The van der Waals surface area contributed by atoms with E-state index in [1.54, 1.807) is 6.08 Å². The summed E-state index contributed by atoms with van der Waals surface area (Å²) in [6.45, 7) is 0.642. The monoisotopic (exact) mass is 468 g/mol. The molecule has 6 rings (SSSR count). The van der Waals surface area contributed by atoms with Crippen LogP contribution in [0.4, 0.5) is 18.9 Å². The van der Waals surface area contributed by atoms with Gasteiger partial charge < -0.3 is 9.88 Å². The number of amides is 1. The topological polar surface area (TPSA) is 34.0 Å². The number of carbonyl (C=O) groups is 1. The normalized spacial score (nSPS) is 14.6. The van der Waals surface area contributed by atoms with Crippen LogP contribution in [0.1, 0.15) is 22.3 Å². The molecule has 1 aromatic heterocycles. The van der Waals surface area contributed by atoms with Crippen LogP contribution in [-0.2, 0) is 17.5 Å². The Morgan fingerprint density at radius 3 is 2.43 bits per heavy atom. The maximum absolute atomic E-state index is 13.1. The Bertz CT molecular complexity index is 1650. The quantitative estimate of drug-likeness (QED) is 0.276. The van der Waals surface area contributed by atoms with E-state index in [1.807, 2.05) is 48.7 Å². The third-order valence-electron chi connectivity index (χ3n) is 6.47. The highest BCUT2D eigenvalue weighted by atomic mass is 19.4. The Morgan fingerprint density at radius 2 is 1.60 bits per heavy atom. The molecule has 1 aliphatic heterocycles. The lowest BCUT2D eigenvalue weighted by Crippen LogP contribution is -2.06. The second-order valence-electron chi connectivity index (χ2n) is 8.64. The van der Waals surface area contributed by atoms with E-state index >= 15 is 0 Å². The van der Waals surface area contributed by atoms with Gasteiger partial charge in [-0.2, -0.15) is 13.2 Å². The van der Waals surface area contributed by atoms with Gasteiger partial charge in [-0.05, 0) is 40.6 Å². The van der Waals surface area contributed by atoms with Crippen LogP contribution in [0.15, 0.2) is 91.1 Å². The van der Waals surface area contributed by atoms with Crippen LogP contribution in [0.3, 0.4) is 0 Å². The molecule has 0 saturated carbocycles. The van der Waals surface area contributed by atoms with E-state index in [0.717, 1.165) is 28.6 Å². The number of carbonyl (C=O) groups excluding carboxylic acids is 1. The number of halogens is 3. The fraction of sp³-hybridized carbons (Fsp3) is 0.0690. The standard InChI is InChI=1S/C29H19F3N2O/c30-29(31,32)21-12-13-24-25(28(35)33-26(24)15-21)14-20-17-34(27-11-4-3-10-23(20)27)16-19-8-5-7-18-6-1-2-9-22(18)19/h1-15,17H,16H2,(H,33,35)/b25-14+. The lowest BCUT2D eigenvalue weighted by atomic mass is 10.0. The maximum atomic E-state index is 13.1. The first kappa shape index (κ1) is 21.2. The number of benzene rings is 4. The Balaban J connectivity index is 1.45. The molecule has 4 aromatic carbocycles. The van der Waals surface area contributed by atoms with Gasteiger partial charge in [-0.1, -0.05) is 66.7 Å². The van der Waals surface area contributed by atoms with Gasteiger partial charge in [-0.25, -0.2) is 0 Å². The lowest BCUT2D eigenvalue weighted by Gasteiger charge is -2.09. The van der Waals surface area contributed by atoms with E-state index in [1.165, 1.54) is 22.4 Å². The largest absolute Gasteiger partial charge is 0.416 e. The van der Waals surface area contributed by atoms with E-state index in [0.29, 0.717) is 17.7 Å². The van der Waals surface area contributed by atoms with Crippen LogP contribution in [0.25, 0.3) is 33.3 Å². The Labute approximate surface area is 199 Å². The molecule has 1 aliphatic rings. The Hall–Kier alpha value is -4.32. The molecule has 172 valence electrons. The third kappa shape index (κ3) is 3.67. The fourth-order valence-corrected chi connectivity index (χ4v) is 4.80. The molecular weight excluding hydrogens is 449 g/mol. The van der Waals surface area contributed by atoms with Crippen molar-refractivity contribution in [3.63, 3.8) is 0 Å². The molecule has 2 heterocycles. The average molecular weight is 468 g/mol. The highest BCUT2D eigenvalue weighted by Crippen LogP contribution is 2.39. The molecule has 0 saturated heterocycles. The minimum Gasteiger partial charge on any atom is -0.342 e. The van der Waals surface area contributed by atoms with Gasteiger partial charge in [0.25, 0.3) is 5.91 Å². The molecule has 6 heteroatoms. The zero-order valence-electron chi connectivity index (χ0n) is 18.4. The van der Waals surface area contributed by atoms with Crippen molar-refractivity contribution >= 4 is 44.9 Å². The van der Waals surface area contributed by atoms with Crippen LogP contribution in [0.5, 0.6) is 0 Å². The summed E-state index contributed by atoms with van der Waals surface area (Å²) < 4.78 is 41.5. The second kappa shape index (κ2) is 7.87. The number of fused-ring (bicyclic) bond motifs is 3. The van der Waals surface area contributed by atoms with Crippen molar-refractivity contribution in [2.45, 2.75) is 12.7 Å². The van der Waals surface area contributed by atoms with Gasteiger partial charge >= 0.3 is 6.18 Å². The Kier molecular flexibility index (Phi) is 4.78. The van der Waals surface area contributed by atoms with Gasteiger partial charge in [-0.15, -0.1) is 0 Å². The van der Waals surface area contributed by atoms with Crippen LogP contribution in [-0.4, -0.2) is 10.5 Å². The summed E-state index contributed by atoms with van der Waals surface area (Å²) >= 11 is 0. The predicted molar refractivity (Wildman–Crippen MR) is 133 cm³/mol. The summed E-state index contributed by atoms with van der Waals surface area (Å²) in [4.78, 5) is 12.7. The fourth-order valence-electron chi connectivity index (χ4n) is 4.80. The smallest absolute Gasteiger partial charge is 0.342 e. The molecule has 1 N–H and O–H groups in total. The molecule has 0 fully saturated rings. The average Bonchev–Trinajstić information content (AvgIpc) is 3.35. The lowest BCUT2D eigenvalue weighted by molar-refractivity contribution is -0.137. The zero-order chi connectivity index (χ0) is 24.2. The molecule has 0 spiro atoms. The molecular formula is C29H19F3N2O. The molecule has 0 radical (unpaired) electrons. The van der Waals surface area contributed by atoms with Gasteiger partial charge in [-0.3, -0.25) is 4.79 Å². The summed E-state index contributed by atoms with van der Waals surface area (Å²) in [6.07, 6.45) is -0.716. The molecule has 3 nitrogen and oxygen atoms in total. The highest BCUT2D eigenvalue weighted by Gasteiger charge is 2.33. The summed E-state index contributed by atoms with van der Waals surface area (Å²) in [5.41, 5.74) is 3.22. The third-order valence-corrected chi connectivity index (χ3v) is 6.47. The number of aromatic nitrogens is 1. The first-order chi connectivity index (χ1) is 16.9. The number of nitrogens with one attached hydrogen (secondary N) is 1. The summed E-state index contributed by atoms with van der Waals surface area (Å²) in [6, 6.07) is 25.7. The van der Waals surface area contributed by atoms with Crippen molar-refractivity contribution in [3.8, 4) is 0 Å². The zero-order valence-corrected chi connectivity index (χ0v) is 18.4. The van der Waals surface area contributed by atoms with E-state index in [9.17, 15) is 18.0 Å². The van der Waals surface area contributed by atoms with Crippen molar-refractivity contribution in [2.24, 2.45) is 0 Å². The number of hydrogen-bond acceptors (Lipinski definition) is 1. The first-order valence-electron chi connectivity index (χ1n) is 11.2. The van der Waals surface area contributed by atoms with E-state index in [2.05, 4.69) is 34.1 Å². The number of alkyl halides is 3. The van der Waals surface area contributed by atoms with Crippen molar-refractivity contribution in [1.29, 1.82) is 0 Å². The highest BCUT2D eigenvalue weighted by molar-refractivity contribution is 6.35. The predicted octanol–water partition coefficient (Wildman–Crippen LogP) is 7.35. The van der Waals surface area contributed by atoms with E-state index < -0.39 is 17.6 Å². The van der Waals surface area contributed by atoms with Crippen molar-refractivity contribution in [1.82, 2.24) is 4.57 Å². The van der Waals surface area contributed by atoms with Gasteiger partial charge in [0.2, 0.25) is 0 Å². The van der Waals surface area contributed by atoms with E-state index in [-0.39, 0.29) is 5.69 Å².